The Morgan fingerprint density at radius 1 is 1.11 bits per heavy atom. The van der Waals surface area contributed by atoms with Gasteiger partial charge in [-0.05, 0) is 57.9 Å². The number of rotatable bonds is 5. The fraction of sp³-hybridized carbons (Fsp3) is 0.600. The van der Waals surface area contributed by atoms with Gasteiger partial charge in [-0.15, -0.1) is 0 Å². The van der Waals surface area contributed by atoms with Gasteiger partial charge in [0.2, 0.25) is 11.8 Å². The van der Waals surface area contributed by atoms with Gasteiger partial charge < -0.3 is 10.6 Å². The van der Waals surface area contributed by atoms with Crippen molar-refractivity contribution in [2.45, 2.75) is 51.7 Å². The van der Waals surface area contributed by atoms with Crippen molar-refractivity contribution in [3.05, 3.63) is 29.6 Å². The Labute approximate surface area is 160 Å². The second-order valence-electron chi connectivity index (χ2n) is 8.71. The molecule has 2 fully saturated rings. The van der Waals surface area contributed by atoms with Gasteiger partial charge in [0.05, 0.1) is 13.1 Å². The third kappa shape index (κ3) is 5.05. The van der Waals surface area contributed by atoms with E-state index in [4.69, 9.17) is 0 Å². The smallest absolute Gasteiger partial charge is 0.238 e. The number of fused-ring (bicyclic) bond motifs is 2. The molecular formula is C20H29FN4O2. The highest BCUT2D eigenvalue weighted by molar-refractivity contribution is 5.92. The molecule has 1 aromatic carbocycles. The molecule has 2 atom stereocenters. The molecule has 0 aliphatic carbocycles. The normalized spacial score (nSPS) is 22.9. The van der Waals surface area contributed by atoms with Crippen molar-refractivity contribution in [3.8, 4) is 0 Å². The molecule has 148 valence electrons. The predicted molar refractivity (Wildman–Crippen MR) is 103 cm³/mol. The SMILES string of the molecule is Cc1cc(NC(=O)CN2CC3CC2CN3CC(=O)NC(C)(C)C)ccc1F. The van der Waals surface area contributed by atoms with Crippen LogP contribution in [0.5, 0.6) is 0 Å². The molecule has 2 heterocycles. The molecule has 2 N–H and O–H groups in total. The zero-order valence-electron chi connectivity index (χ0n) is 16.5. The van der Waals surface area contributed by atoms with Crippen LogP contribution >= 0.6 is 0 Å². The topological polar surface area (TPSA) is 64.7 Å². The standard InChI is InChI=1S/C20H29FN4O2/c1-13-7-14(5-6-17(13)21)22-18(26)11-24-9-16-8-15(24)10-25(16)12-19(27)23-20(2,3)4/h5-7,15-16H,8-12H2,1-4H3,(H,22,26)(H,23,27). The lowest BCUT2D eigenvalue weighted by Gasteiger charge is -2.34. The lowest BCUT2D eigenvalue weighted by Crippen LogP contribution is -2.52. The summed E-state index contributed by atoms with van der Waals surface area (Å²) >= 11 is 0. The van der Waals surface area contributed by atoms with Crippen LogP contribution in [0.4, 0.5) is 10.1 Å². The number of hydrogen-bond acceptors (Lipinski definition) is 4. The third-order valence-corrected chi connectivity index (χ3v) is 5.12. The number of hydrogen-bond donors (Lipinski definition) is 2. The highest BCUT2D eigenvalue weighted by Gasteiger charge is 2.44. The van der Waals surface area contributed by atoms with Gasteiger partial charge in [0.1, 0.15) is 5.82 Å². The Bertz CT molecular complexity index is 731. The summed E-state index contributed by atoms with van der Waals surface area (Å²) in [5.74, 6) is -0.322. The van der Waals surface area contributed by atoms with Crippen molar-refractivity contribution >= 4 is 17.5 Å². The predicted octanol–water partition coefficient (Wildman–Crippen LogP) is 1.75. The molecule has 0 aromatic heterocycles. The number of aryl methyl sites for hydroxylation is 1. The molecule has 7 heteroatoms. The summed E-state index contributed by atoms with van der Waals surface area (Å²) in [4.78, 5) is 28.9. The first kappa shape index (κ1) is 19.8. The highest BCUT2D eigenvalue weighted by Crippen LogP contribution is 2.30. The fourth-order valence-electron chi connectivity index (χ4n) is 3.97. The Hall–Kier alpha value is -1.99. The van der Waals surface area contributed by atoms with Crippen LogP contribution < -0.4 is 10.6 Å². The Balaban J connectivity index is 1.47. The van der Waals surface area contributed by atoms with Crippen molar-refractivity contribution in [2.75, 3.05) is 31.5 Å². The van der Waals surface area contributed by atoms with E-state index in [1.165, 1.54) is 6.07 Å². The molecule has 2 amide bonds. The van der Waals surface area contributed by atoms with Crippen molar-refractivity contribution in [3.63, 3.8) is 0 Å². The summed E-state index contributed by atoms with van der Waals surface area (Å²) in [6.07, 6.45) is 0.992. The van der Waals surface area contributed by atoms with E-state index in [-0.39, 0.29) is 23.2 Å². The minimum absolute atomic E-state index is 0.0472. The van der Waals surface area contributed by atoms with Crippen LogP contribution in [0.3, 0.4) is 0 Å². The number of nitrogens with zero attached hydrogens (tertiary/aromatic N) is 2. The van der Waals surface area contributed by atoms with Crippen LogP contribution in [-0.4, -0.2) is 65.4 Å². The number of piperazine rings is 1. The zero-order valence-corrected chi connectivity index (χ0v) is 16.5. The molecule has 3 rings (SSSR count). The highest BCUT2D eigenvalue weighted by atomic mass is 19.1. The first-order chi connectivity index (χ1) is 12.6. The Kier molecular flexibility index (Phi) is 5.53. The molecule has 2 aliphatic heterocycles. The van der Waals surface area contributed by atoms with E-state index in [0.717, 1.165) is 19.5 Å². The van der Waals surface area contributed by atoms with E-state index in [1.54, 1.807) is 19.1 Å². The zero-order chi connectivity index (χ0) is 19.8. The van der Waals surface area contributed by atoms with E-state index in [9.17, 15) is 14.0 Å². The van der Waals surface area contributed by atoms with Crippen LogP contribution in [0, 0.1) is 12.7 Å². The lowest BCUT2D eigenvalue weighted by atomic mass is 10.1. The summed E-state index contributed by atoms with van der Waals surface area (Å²) < 4.78 is 13.3. The van der Waals surface area contributed by atoms with Crippen molar-refractivity contribution in [1.29, 1.82) is 0 Å². The first-order valence-corrected chi connectivity index (χ1v) is 9.46. The largest absolute Gasteiger partial charge is 0.350 e. The third-order valence-electron chi connectivity index (χ3n) is 5.12. The number of amides is 2. The van der Waals surface area contributed by atoms with Crippen molar-refractivity contribution in [2.24, 2.45) is 0 Å². The maximum absolute atomic E-state index is 13.3. The van der Waals surface area contributed by atoms with Crippen molar-refractivity contribution in [1.82, 2.24) is 15.1 Å². The average molecular weight is 376 g/mol. The average Bonchev–Trinajstić information content (AvgIpc) is 3.08. The molecule has 0 saturated carbocycles. The number of benzene rings is 1. The summed E-state index contributed by atoms with van der Waals surface area (Å²) in [6, 6.07) is 5.20. The molecule has 6 nitrogen and oxygen atoms in total. The van der Waals surface area contributed by atoms with E-state index >= 15 is 0 Å². The van der Waals surface area contributed by atoms with E-state index in [0.29, 0.717) is 36.4 Å². The fourth-order valence-corrected chi connectivity index (χ4v) is 3.97. The van der Waals surface area contributed by atoms with Crippen LogP contribution in [0.15, 0.2) is 18.2 Å². The van der Waals surface area contributed by atoms with Gasteiger partial charge in [-0.25, -0.2) is 4.39 Å². The van der Waals surface area contributed by atoms with Gasteiger partial charge in [-0.2, -0.15) is 0 Å². The molecule has 2 saturated heterocycles. The number of nitrogens with one attached hydrogen (secondary N) is 2. The number of carbonyl (C=O) groups is 2. The van der Waals surface area contributed by atoms with E-state index in [2.05, 4.69) is 20.4 Å². The van der Waals surface area contributed by atoms with Crippen molar-refractivity contribution < 1.29 is 14.0 Å². The van der Waals surface area contributed by atoms with Crippen LogP contribution in [0.1, 0.15) is 32.8 Å². The van der Waals surface area contributed by atoms with Gasteiger partial charge in [0.25, 0.3) is 0 Å². The van der Waals surface area contributed by atoms with Crippen LogP contribution in [0.25, 0.3) is 0 Å². The summed E-state index contributed by atoms with van der Waals surface area (Å²) in [7, 11) is 0. The Morgan fingerprint density at radius 3 is 2.22 bits per heavy atom. The number of likely N-dealkylation sites (tertiary alicyclic amines) is 2. The van der Waals surface area contributed by atoms with Gasteiger partial charge in [-0.1, -0.05) is 0 Å². The quantitative estimate of drug-likeness (QED) is 0.822. The summed E-state index contributed by atoms with van der Waals surface area (Å²) in [5, 5.41) is 5.84. The first-order valence-electron chi connectivity index (χ1n) is 9.46. The van der Waals surface area contributed by atoms with Gasteiger partial charge in [0.15, 0.2) is 0 Å². The second kappa shape index (κ2) is 7.56. The maximum Gasteiger partial charge on any atom is 0.238 e. The van der Waals surface area contributed by atoms with Crippen LogP contribution in [0.2, 0.25) is 0 Å². The molecule has 2 bridgehead atoms. The minimum Gasteiger partial charge on any atom is -0.350 e. The minimum atomic E-state index is -0.277. The van der Waals surface area contributed by atoms with E-state index < -0.39 is 0 Å². The monoisotopic (exact) mass is 376 g/mol. The molecular weight excluding hydrogens is 347 g/mol. The van der Waals surface area contributed by atoms with Crippen LogP contribution in [-0.2, 0) is 9.59 Å². The van der Waals surface area contributed by atoms with Gasteiger partial charge >= 0.3 is 0 Å². The van der Waals surface area contributed by atoms with Gasteiger partial charge in [0, 0.05) is 36.4 Å². The van der Waals surface area contributed by atoms with E-state index in [1.807, 2.05) is 20.8 Å². The Morgan fingerprint density at radius 2 is 1.70 bits per heavy atom. The molecule has 0 spiro atoms. The summed E-state index contributed by atoms with van der Waals surface area (Å²) in [5.41, 5.74) is 0.902. The molecule has 2 aliphatic rings. The maximum atomic E-state index is 13.3. The lowest BCUT2D eigenvalue weighted by molar-refractivity contribution is -0.124. The molecule has 0 radical (unpaired) electrons. The number of carbonyl (C=O) groups excluding carboxylic acids is 2. The molecule has 1 aromatic rings. The number of halogens is 1. The second-order valence-corrected chi connectivity index (χ2v) is 8.71. The summed E-state index contributed by atoms with van der Waals surface area (Å²) in [6.45, 7) is 9.94. The van der Waals surface area contributed by atoms with Gasteiger partial charge in [-0.3, -0.25) is 19.4 Å². The molecule has 2 unspecified atom stereocenters. The molecule has 27 heavy (non-hydrogen) atoms. The number of anilines is 1.